The maximum atomic E-state index is 11.5. The van der Waals surface area contributed by atoms with Gasteiger partial charge in [0.1, 0.15) is 5.75 Å². The first-order valence-corrected chi connectivity index (χ1v) is 5.72. The van der Waals surface area contributed by atoms with Crippen LogP contribution in [-0.2, 0) is 0 Å². The molecule has 5 nitrogen and oxygen atoms in total. The average Bonchev–Trinajstić information content (AvgIpc) is 2.28. The first-order valence-electron chi connectivity index (χ1n) is 5.72. The SMILES string of the molecule is CC(C)c1cc(=O)[nH]c(Nc2cccc(O)c2)n1. The van der Waals surface area contributed by atoms with Crippen LogP contribution in [0, 0.1) is 0 Å². The molecule has 0 amide bonds. The van der Waals surface area contributed by atoms with Crippen LogP contribution in [0.15, 0.2) is 35.1 Å². The van der Waals surface area contributed by atoms with E-state index < -0.39 is 0 Å². The second kappa shape index (κ2) is 4.91. The lowest BCUT2D eigenvalue weighted by atomic mass is 10.1. The lowest BCUT2D eigenvalue weighted by molar-refractivity contribution is 0.475. The molecule has 1 aromatic heterocycles. The maximum Gasteiger partial charge on any atom is 0.252 e. The Bertz CT molecular complexity index is 605. The molecule has 0 atom stereocenters. The van der Waals surface area contributed by atoms with Crippen molar-refractivity contribution in [3.63, 3.8) is 0 Å². The number of hydrogen-bond acceptors (Lipinski definition) is 4. The first-order chi connectivity index (χ1) is 8.54. The number of aromatic amines is 1. The highest BCUT2D eigenvalue weighted by atomic mass is 16.3. The van der Waals surface area contributed by atoms with Gasteiger partial charge in [-0.25, -0.2) is 4.98 Å². The van der Waals surface area contributed by atoms with E-state index in [0.29, 0.717) is 11.6 Å². The molecule has 2 rings (SSSR count). The Morgan fingerprint density at radius 3 is 2.78 bits per heavy atom. The van der Waals surface area contributed by atoms with Crippen LogP contribution in [0.2, 0.25) is 0 Å². The zero-order valence-electron chi connectivity index (χ0n) is 10.3. The summed E-state index contributed by atoms with van der Waals surface area (Å²) in [5, 5.41) is 12.3. The van der Waals surface area contributed by atoms with Crippen LogP contribution in [0.5, 0.6) is 5.75 Å². The molecule has 0 fully saturated rings. The van der Waals surface area contributed by atoms with E-state index in [2.05, 4.69) is 15.3 Å². The van der Waals surface area contributed by atoms with E-state index >= 15 is 0 Å². The van der Waals surface area contributed by atoms with Crippen LogP contribution >= 0.6 is 0 Å². The molecule has 0 spiro atoms. The topological polar surface area (TPSA) is 78.0 Å². The van der Waals surface area contributed by atoms with Crippen LogP contribution < -0.4 is 10.9 Å². The van der Waals surface area contributed by atoms with Crippen molar-refractivity contribution in [3.05, 3.63) is 46.4 Å². The maximum absolute atomic E-state index is 11.5. The Kier molecular flexibility index (Phi) is 3.32. The van der Waals surface area contributed by atoms with Crippen molar-refractivity contribution >= 4 is 11.6 Å². The number of H-pyrrole nitrogens is 1. The quantitative estimate of drug-likeness (QED) is 0.775. The molecule has 2 aromatic rings. The highest BCUT2D eigenvalue weighted by Crippen LogP contribution is 2.18. The number of rotatable bonds is 3. The van der Waals surface area contributed by atoms with E-state index in [9.17, 15) is 9.90 Å². The fraction of sp³-hybridized carbons (Fsp3) is 0.231. The molecule has 94 valence electrons. The van der Waals surface area contributed by atoms with E-state index in [1.165, 1.54) is 6.07 Å². The molecule has 18 heavy (non-hydrogen) atoms. The Hall–Kier alpha value is -2.30. The second-order valence-electron chi connectivity index (χ2n) is 4.35. The van der Waals surface area contributed by atoms with Crippen LogP contribution in [0.1, 0.15) is 25.5 Å². The molecule has 3 N–H and O–H groups in total. The Labute approximate surface area is 105 Å². The van der Waals surface area contributed by atoms with Crippen molar-refractivity contribution in [1.29, 1.82) is 0 Å². The largest absolute Gasteiger partial charge is 0.508 e. The van der Waals surface area contributed by atoms with Crippen LogP contribution in [-0.4, -0.2) is 15.1 Å². The van der Waals surface area contributed by atoms with E-state index in [4.69, 9.17) is 0 Å². The van der Waals surface area contributed by atoms with Crippen molar-refractivity contribution in [3.8, 4) is 5.75 Å². The number of nitrogens with zero attached hydrogens (tertiary/aromatic N) is 1. The van der Waals surface area contributed by atoms with Crippen molar-refractivity contribution in [1.82, 2.24) is 9.97 Å². The summed E-state index contributed by atoms with van der Waals surface area (Å²) >= 11 is 0. The number of benzene rings is 1. The minimum atomic E-state index is -0.198. The fourth-order valence-corrected chi connectivity index (χ4v) is 1.55. The second-order valence-corrected chi connectivity index (χ2v) is 4.35. The number of nitrogens with one attached hydrogen (secondary N) is 2. The molecule has 0 aliphatic heterocycles. The molecule has 0 saturated heterocycles. The van der Waals surface area contributed by atoms with Gasteiger partial charge < -0.3 is 10.4 Å². The molecule has 0 aliphatic carbocycles. The van der Waals surface area contributed by atoms with Gasteiger partial charge in [0, 0.05) is 17.8 Å². The van der Waals surface area contributed by atoms with E-state index in [1.54, 1.807) is 24.3 Å². The van der Waals surface area contributed by atoms with Crippen LogP contribution in [0.25, 0.3) is 0 Å². The molecular weight excluding hydrogens is 230 g/mol. The molecule has 5 heteroatoms. The zero-order chi connectivity index (χ0) is 13.1. The Balaban J connectivity index is 2.32. The normalized spacial score (nSPS) is 10.6. The van der Waals surface area contributed by atoms with Gasteiger partial charge >= 0.3 is 0 Å². The molecule has 1 heterocycles. The number of aromatic nitrogens is 2. The smallest absolute Gasteiger partial charge is 0.252 e. The molecule has 0 unspecified atom stereocenters. The molecule has 0 saturated carbocycles. The third-order valence-electron chi connectivity index (χ3n) is 2.46. The average molecular weight is 245 g/mol. The minimum absolute atomic E-state index is 0.155. The van der Waals surface area contributed by atoms with Crippen molar-refractivity contribution in [2.75, 3.05) is 5.32 Å². The Morgan fingerprint density at radius 2 is 2.11 bits per heavy atom. The standard InChI is InChI=1S/C13H15N3O2/c1-8(2)11-7-12(18)16-13(15-11)14-9-4-3-5-10(17)6-9/h3-8,17H,1-2H3,(H2,14,15,16,18). The predicted octanol–water partition coefficient (Wildman–Crippen LogP) is 2.34. The van der Waals surface area contributed by atoms with E-state index in [0.717, 1.165) is 5.69 Å². The monoisotopic (exact) mass is 245 g/mol. The lowest BCUT2D eigenvalue weighted by Gasteiger charge is -2.08. The van der Waals surface area contributed by atoms with Gasteiger partial charge in [0.25, 0.3) is 5.56 Å². The molecule has 0 radical (unpaired) electrons. The number of phenols is 1. The summed E-state index contributed by atoms with van der Waals surface area (Å²) in [4.78, 5) is 18.4. The molecule has 1 aromatic carbocycles. The first kappa shape index (κ1) is 12.2. The summed E-state index contributed by atoms with van der Waals surface area (Å²) in [5.41, 5.74) is 1.19. The third-order valence-corrected chi connectivity index (χ3v) is 2.46. The van der Waals surface area contributed by atoms with Gasteiger partial charge in [-0.15, -0.1) is 0 Å². The summed E-state index contributed by atoms with van der Waals surface area (Å²) in [6.45, 7) is 3.94. The van der Waals surface area contributed by atoms with Gasteiger partial charge in [-0.1, -0.05) is 19.9 Å². The van der Waals surface area contributed by atoms with Crippen LogP contribution in [0.3, 0.4) is 0 Å². The van der Waals surface area contributed by atoms with Crippen molar-refractivity contribution in [2.24, 2.45) is 0 Å². The summed E-state index contributed by atoms with van der Waals surface area (Å²) in [5.74, 6) is 0.705. The van der Waals surface area contributed by atoms with Gasteiger partial charge in [-0.05, 0) is 18.1 Å². The van der Waals surface area contributed by atoms with Gasteiger partial charge in [0.15, 0.2) is 0 Å². The number of hydrogen-bond donors (Lipinski definition) is 3. The van der Waals surface area contributed by atoms with Gasteiger partial charge in [0.05, 0.1) is 5.69 Å². The highest BCUT2D eigenvalue weighted by Gasteiger charge is 2.05. The fourth-order valence-electron chi connectivity index (χ4n) is 1.55. The van der Waals surface area contributed by atoms with Crippen molar-refractivity contribution < 1.29 is 5.11 Å². The van der Waals surface area contributed by atoms with Gasteiger partial charge in [-0.3, -0.25) is 9.78 Å². The highest BCUT2D eigenvalue weighted by molar-refractivity contribution is 5.55. The summed E-state index contributed by atoms with van der Waals surface area (Å²) in [6, 6.07) is 8.11. The summed E-state index contributed by atoms with van der Waals surface area (Å²) in [7, 11) is 0. The zero-order valence-corrected chi connectivity index (χ0v) is 10.3. The van der Waals surface area contributed by atoms with Gasteiger partial charge in [0.2, 0.25) is 5.95 Å². The number of aromatic hydroxyl groups is 1. The molecule has 0 bridgehead atoms. The number of anilines is 2. The summed E-state index contributed by atoms with van der Waals surface area (Å²) in [6.07, 6.45) is 0. The Morgan fingerprint density at radius 1 is 1.33 bits per heavy atom. The third kappa shape index (κ3) is 2.88. The van der Waals surface area contributed by atoms with Gasteiger partial charge in [-0.2, -0.15) is 0 Å². The molecule has 0 aliphatic rings. The van der Waals surface area contributed by atoms with E-state index in [1.807, 2.05) is 13.8 Å². The minimum Gasteiger partial charge on any atom is -0.508 e. The van der Waals surface area contributed by atoms with Crippen LogP contribution in [0.4, 0.5) is 11.6 Å². The molecular formula is C13H15N3O2. The predicted molar refractivity (Wildman–Crippen MR) is 70.3 cm³/mol. The lowest BCUT2D eigenvalue weighted by Crippen LogP contribution is -2.12. The summed E-state index contributed by atoms with van der Waals surface area (Å²) < 4.78 is 0. The number of phenolic OH excluding ortho intramolecular Hbond substituents is 1. The van der Waals surface area contributed by atoms with E-state index in [-0.39, 0.29) is 17.2 Å². The van der Waals surface area contributed by atoms with Crippen molar-refractivity contribution in [2.45, 2.75) is 19.8 Å².